The molecule has 0 rings (SSSR count). The van der Waals surface area contributed by atoms with E-state index in [9.17, 15) is 19.8 Å². The van der Waals surface area contributed by atoms with Crippen molar-refractivity contribution in [3.05, 3.63) is 12.2 Å². The third-order valence-corrected chi connectivity index (χ3v) is 1.81. The molecule has 0 N–H and O–H groups in total. The fourth-order valence-electron chi connectivity index (χ4n) is 0.990. The topological polar surface area (TPSA) is 80.3 Å². The molecular weight excluding hydrogens is 254 g/mol. The molecule has 0 fully saturated rings. The Hall–Kier alpha value is 0.680. The maximum Gasteiger partial charge on any atom is 1.00 e. The predicted molar refractivity (Wildman–Crippen MR) is 58.2 cm³/mol. The van der Waals surface area contributed by atoms with Crippen LogP contribution in [0.3, 0.4) is 0 Å². The molecule has 0 atom stereocenters. The molecular formula is C12H20Na2O4. The zero-order valence-electron chi connectivity index (χ0n) is 12.0. The van der Waals surface area contributed by atoms with Crippen molar-refractivity contribution < 1.29 is 78.9 Å². The van der Waals surface area contributed by atoms with Crippen molar-refractivity contribution >= 4 is 11.9 Å². The Labute approximate surface area is 154 Å². The maximum absolute atomic E-state index is 9.41. The standard InChI is InChI=1S/C8H18.C4H4O4.2Na/c1-3-5-7-8-6-4-2;5-3(6)1-2-4(7)8;;/h3-8H2,1-2H3;1-2H,(H,5,6)(H,7,8);;/q;;2*+1/p-2. The van der Waals surface area contributed by atoms with Gasteiger partial charge in [-0.15, -0.1) is 0 Å². The fraction of sp³-hybridized carbons (Fsp3) is 0.667. The van der Waals surface area contributed by atoms with E-state index in [-0.39, 0.29) is 59.1 Å². The number of carbonyl (C=O) groups is 2. The average molecular weight is 274 g/mol. The second kappa shape index (κ2) is 22.8. The molecule has 0 aliphatic carbocycles. The summed E-state index contributed by atoms with van der Waals surface area (Å²) in [7, 11) is 0. The Morgan fingerprint density at radius 2 is 1.06 bits per heavy atom. The Morgan fingerprint density at radius 1 is 0.778 bits per heavy atom. The number of carboxylic acids is 2. The molecule has 0 aliphatic heterocycles. The molecule has 0 saturated carbocycles. The summed E-state index contributed by atoms with van der Waals surface area (Å²) >= 11 is 0. The van der Waals surface area contributed by atoms with Gasteiger partial charge in [0.25, 0.3) is 0 Å². The van der Waals surface area contributed by atoms with Gasteiger partial charge in [0.2, 0.25) is 0 Å². The molecule has 6 heteroatoms. The van der Waals surface area contributed by atoms with Crippen LogP contribution < -0.4 is 69.3 Å². The van der Waals surface area contributed by atoms with Gasteiger partial charge in [-0.2, -0.15) is 0 Å². The third-order valence-electron chi connectivity index (χ3n) is 1.81. The molecule has 0 saturated heterocycles. The van der Waals surface area contributed by atoms with E-state index in [4.69, 9.17) is 0 Å². The van der Waals surface area contributed by atoms with E-state index >= 15 is 0 Å². The van der Waals surface area contributed by atoms with Crippen LogP contribution in [-0.2, 0) is 9.59 Å². The van der Waals surface area contributed by atoms with Crippen molar-refractivity contribution in [1.29, 1.82) is 0 Å². The SMILES string of the molecule is CCCCCCCC.O=C([O-])C=CC(=O)[O-].[Na+].[Na+]. The summed E-state index contributed by atoms with van der Waals surface area (Å²) in [6, 6.07) is 0. The Balaban J connectivity index is -0.0000000980. The first-order chi connectivity index (χ1) is 7.54. The Bertz CT molecular complexity index is 196. The van der Waals surface area contributed by atoms with Crippen LogP contribution in [0, 0.1) is 0 Å². The van der Waals surface area contributed by atoms with Crippen molar-refractivity contribution in [1.82, 2.24) is 0 Å². The van der Waals surface area contributed by atoms with E-state index in [1.165, 1.54) is 38.5 Å². The molecule has 0 spiro atoms. The molecule has 0 unspecified atom stereocenters. The molecule has 18 heavy (non-hydrogen) atoms. The van der Waals surface area contributed by atoms with Gasteiger partial charge in [-0.1, -0.05) is 52.4 Å². The monoisotopic (exact) mass is 274 g/mol. The zero-order valence-corrected chi connectivity index (χ0v) is 16.0. The van der Waals surface area contributed by atoms with Crippen molar-refractivity contribution in [2.75, 3.05) is 0 Å². The van der Waals surface area contributed by atoms with Gasteiger partial charge in [-0.05, 0) is 12.2 Å². The molecule has 0 aromatic carbocycles. The van der Waals surface area contributed by atoms with Gasteiger partial charge < -0.3 is 19.8 Å². The minimum atomic E-state index is -1.55. The van der Waals surface area contributed by atoms with Gasteiger partial charge in [0, 0.05) is 0 Å². The van der Waals surface area contributed by atoms with E-state index in [1.807, 2.05) is 0 Å². The van der Waals surface area contributed by atoms with Crippen LogP contribution in [0.1, 0.15) is 52.4 Å². The van der Waals surface area contributed by atoms with Crippen LogP contribution >= 0.6 is 0 Å². The van der Waals surface area contributed by atoms with Crippen LogP contribution in [0.15, 0.2) is 12.2 Å². The summed E-state index contributed by atoms with van der Waals surface area (Å²) in [4.78, 5) is 18.8. The smallest absolute Gasteiger partial charge is 0.545 e. The van der Waals surface area contributed by atoms with Gasteiger partial charge in [-0.3, -0.25) is 0 Å². The van der Waals surface area contributed by atoms with Crippen LogP contribution in [0.2, 0.25) is 0 Å². The minimum absolute atomic E-state index is 0. The molecule has 4 nitrogen and oxygen atoms in total. The van der Waals surface area contributed by atoms with E-state index in [0.717, 1.165) is 0 Å². The summed E-state index contributed by atoms with van der Waals surface area (Å²) in [6.07, 6.45) is 9.26. The number of hydrogen-bond acceptors (Lipinski definition) is 4. The van der Waals surface area contributed by atoms with E-state index in [2.05, 4.69) is 13.8 Å². The average Bonchev–Trinajstić information content (AvgIpc) is 2.23. The van der Waals surface area contributed by atoms with Gasteiger partial charge in [0.1, 0.15) is 0 Å². The maximum atomic E-state index is 9.41. The molecule has 0 aromatic rings. The number of aliphatic carboxylic acids is 2. The first-order valence-electron chi connectivity index (χ1n) is 5.64. The molecule has 0 radical (unpaired) electrons. The van der Waals surface area contributed by atoms with Gasteiger partial charge in [0.15, 0.2) is 0 Å². The number of unbranched alkanes of at least 4 members (excludes halogenated alkanes) is 5. The quantitative estimate of drug-likeness (QED) is 0.263. The summed E-state index contributed by atoms with van der Waals surface area (Å²) in [5.74, 6) is -3.09. The Morgan fingerprint density at radius 3 is 1.22 bits per heavy atom. The van der Waals surface area contributed by atoms with Gasteiger partial charge in [0.05, 0.1) is 11.9 Å². The van der Waals surface area contributed by atoms with Gasteiger partial charge in [-0.25, -0.2) is 0 Å². The number of hydrogen-bond donors (Lipinski definition) is 0. The number of rotatable bonds is 7. The second-order valence-corrected chi connectivity index (χ2v) is 3.39. The summed E-state index contributed by atoms with van der Waals surface area (Å²) in [6.45, 7) is 4.51. The van der Waals surface area contributed by atoms with Crippen LogP contribution in [0.25, 0.3) is 0 Å². The number of carbonyl (C=O) groups excluding carboxylic acids is 2. The first kappa shape index (κ1) is 27.1. The molecule has 0 amide bonds. The van der Waals surface area contributed by atoms with Crippen LogP contribution in [-0.4, -0.2) is 11.9 Å². The fourth-order valence-corrected chi connectivity index (χ4v) is 0.990. The molecule has 0 heterocycles. The van der Waals surface area contributed by atoms with E-state index in [1.54, 1.807) is 0 Å². The van der Waals surface area contributed by atoms with E-state index < -0.39 is 11.9 Å². The molecule has 0 aromatic heterocycles. The zero-order chi connectivity index (χ0) is 12.8. The number of carboxylic acid groups (broad SMARTS) is 2. The van der Waals surface area contributed by atoms with Crippen molar-refractivity contribution in [3.8, 4) is 0 Å². The van der Waals surface area contributed by atoms with Gasteiger partial charge >= 0.3 is 59.1 Å². The molecule has 0 bridgehead atoms. The van der Waals surface area contributed by atoms with E-state index in [0.29, 0.717) is 12.2 Å². The minimum Gasteiger partial charge on any atom is -0.545 e. The normalized spacial score (nSPS) is 8.56. The summed E-state index contributed by atoms with van der Waals surface area (Å²) in [5, 5.41) is 18.8. The molecule has 0 aliphatic rings. The van der Waals surface area contributed by atoms with Crippen LogP contribution in [0.4, 0.5) is 0 Å². The molecule has 94 valence electrons. The van der Waals surface area contributed by atoms with Crippen molar-refractivity contribution in [3.63, 3.8) is 0 Å². The first-order valence-corrected chi connectivity index (χ1v) is 5.64. The largest absolute Gasteiger partial charge is 1.00 e. The Kier molecular flexibility index (Phi) is 34.4. The second-order valence-electron chi connectivity index (χ2n) is 3.39. The van der Waals surface area contributed by atoms with Crippen LogP contribution in [0.5, 0.6) is 0 Å². The summed E-state index contributed by atoms with van der Waals surface area (Å²) in [5.41, 5.74) is 0. The summed E-state index contributed by atoms with van der Waals surface area (Å²) < 4.78 is 0. The predicted octanol–water partition coefficient (Wildman–Crippen LogP) is -5.58. The van der Waals surface area contributed by atoms with Crippen molar-refractivity contribution in [2.45, 2.75) is 52.4 Å². The van der Waals surface area contributed by atoms with Crippen molar-refractivity contribution in [2.24, 2.45) is 0 Å². The third kappa shape index (κ3) is 36.0.